The molecule has 0 spiro atoms. The van der Waals surface area contributed by atoms with E-state index in [4.69, 9.17) is 14.6 Å². The van der Waals surface area contributed by atoms with Gasteiger partial charge >= 0.3 is 0 Å². The van der Waals surface area contributed by atoms with Crippen LogP contribution in [-0.4, -0.2) is 41.4 Å². The van der Waals surface area contributed by atoms with E-state index < -0.39 is 11.9 Å². The zero-order valence-corrected chi connectivity index (χ0v) is 5.93. The number of aliphatic hydroxyl groups is 2. The van der Waals surface area contributed by atoms with Crippen LogP contribution in [-0.2, 0) is 9.47 Å². The Hall–Kier alpha value is -0.420. The molecular formula is C7H10O4. The van der Waals surface area contributed by atoms with Crippen molar-refractivity contribution in [2.45, 2.75) is 18.0 Å². The van der Waals surface area contributed by atoms with Gasteiger partial charge < -0.3 is 19.7 Å². The molecule has 2 aliphatic rings. The molecule has 0 amide bonds. The molecule has 0 aromatic carbocycles. The van der Waals surface area contributed by atoms with Gasteiger partial charge in [-0.05, 0) is 0 Å². The zero-order valence-electron chi connectivity index (χ0n) is 5.93. The Morgan fingerprint density at radius 2 is 2.36 bits per heavy atom. The summed E-state index contributed by atoms with van der Waals surface area (Å²) in [4.78, 5) is 0. The van der Waals surface area contributed by atoms with Gasteiger partial charge in [0.25, 0.3) is 0 Å². The van der Waals surface area contributed by atoms with Crippen LogP contribution in [0.15, 0.2) is 12.2 Å². The second-order valence-electron chi connectivity index (χ2n) is 2.77. The number of hydrogen-bond acceptors (Lipinski definition) is 4. The Morgan fingerprint density at radius 3 is 3.00 bits per heavy atom. The van der Waals surface area contributed by atoms with Gasteiger partial charge in [0, 0.05) is 0 Å². The first kappa shape index (κ1) is 7.24. The van der Waals surface area contributed by atoms with E-state index >= 15 is 0 Å². The normalized spacial score (nSPS) is 48.2. The van der Waals surface area contributed by atoms with E-state index in [0.29, 0.717) is 6.61 Å². The highest BCUT2D eigenvalue weighted by Gasteiger charge is 2.48. The zero-order chi connectivity index (χ0) is 7.90. The van der Waals surface area contributed by atoms with E-state index in [2.05, 4.69) is 0 Å². The van der Waals surface area contributed by atoms with E-state index in [-0.39, 0.29) is 12.7 Å². The highest BCUT2D eigenvalue weighted by Crippen LogP contribution is 2.31. The maximum absolute atomic E-state index is 9.35. The van der Waals surface area contributed by atoms with Crippen molar-refractivity contribution >= 4 is 0 Å². The highest BCUT2D eigenvalue weighted by atomic mass is 16.8. The monoisotopic (exact) mass is 158 g/mol. The van der Waals surface area contributed by atoms with Gasteiger partial charge in [0.15, 0.2) is 0 Å². The summed E-state index contributed by atoms with van der Waals surface area (Å²) in [5.41, 5.74) is 0. The van der Waals surface area contributed by atoms with Crippen LogP contribution in [0.25, 0.3) is 0 Å². The van der Waals surface area contributed by atoms with Gasteiger partial charge in [0.05, 0.1) is 6.61 Å². The number of hydrogen-bond donors (Lipinski definition) is 2. The quantitative estimate of drug-likeness (QED) is 0.482. The molecule has 62 valence electrons. The Bertz CT molecular complexity index is 191. The van der Waals surface area contributed by atoms with Gasteiger partial charge in [0.1, 0.15) is 18.8 Å². The molecule has 4 nitrogen and oxygen atoms in total. The molecule has 0 saturated carbocycles. The number of rotatable bonds is 1. The minimum absolute atomic E-state index is 0.106. The predicted molar refractivity (Wildman–Crippen MR) is 35.8 cm³/mol. The van der Waals surface area contributed by atoms with Crippen LogP contribution >= 0.6 is 0 Å². The molecule has 2 N–H and O–H groups in total. The van der Waals surface area contributed by atoms with E-state index in [1.54, 1.807) is 12.2 Å². The standard InChI is InChI=1S/C7H10O4/c8-4-7-6(9)2-1-5(11-7)3-10-7/h1-2,5-6,8-9H,3-4H2/t5-,6?,7+/m1/s1. The second-order valence-corrected chi connectivity index (χ2v) is 2.77. The molecule has 0 aromatic rings. The largest absolute Gasteiger partial charge is 0.391 e. The molecule has 2 rings (SSSR count). The summed E-state index contributed by atoms with van der Waals surface area (Å²) in [7, 11) is 0. The van der Waals surface area contributed by atoms with Crippen molar-refractivity contribution in [1.29, 1.82) is 0 Å². The molecule has 2 aliphatic heterocycles. The van der Waals surface area contributed by atoms with Crippen molar-refractivity contribution in [3.63, 3.8) is 0 Å². The molecule has 3 atom stereocenters. The lowest BCUT2D eigenvalue weighted by molar-refractivity contribution is -0.235. The topological polar surface area (TPSA) is 58.9 Å². The Balaban J connectivity index is 2.27. The molecule has 11 heavy (non-hydrogen) atoms. The van der Waals surface area contributed by atoms with Crippen LogP contribution in [0.5, 0.6) is 0 Å². The van der Waals surface area contributed by atoms with E-state index in [0.717, 1.165) is 0 Å². The maximum atomic E-state index is 9.35. The van der Waals surface area contributed by atoms with Gasteiger partial charge in [0.2, 0.25) is 5.79 Å². The number of fused-ring (bicyclic) bond motifs is 2. The SMILES string of the molecule is OC[C@@]12OC[C@@H](C=CC1O)O2. The lowest BCUT2D eigenvalue weighted by Crippen LogP contribution is -2.47. The van der Waals surface area contributed by atoms with Gasteiger partial charge in [-0.2, -0.15) is 0 Å². The summed E-state index contributed by atoms with van der Waals surface area (Å²) in [5.74, 6) is -1.18. The van der Waals surface area contributed by atoms with Crippen LogP contribution in [0.3, 0.4) is 0 Å². The molecule has 0 aromatic heterocycles. The Labute approximate surface area is 64.0 Å². The fourth-order valence-corrected chi connectivity index (χ4v) is 1.35. The van der Waals surface area contributed by atoms with Gasteiger partial charge in [-0.15, -0.1) is 0 Å². The van der Waals surface area contributed by atoms with Crippen molar-refractivity contribution in [3.05, 3.63) is 12.2 Å². The predicted octanol–water partition coefficient (Wildman–Crippen LogP) is -0.979. The second kappa shape index (κ2) is 2.28. The number of ether oxygens (including phenoxy) is 2. The van der Waals surface area contributed by atoms with Crippen molar-refractivity contribution in [3.8, 4) is 0 Å². The molecule has 1 unspecified atom stereocenters. The van der Waals surface area contributed by atoms with E-state index in [1.165, 1.54) is 0 Å². The molecular weight excluding hydrogens is 148 g/mol. The summed E-state index contributed by atoms with van der Waals surface area (Å²) in [6.07, 6.45) is 2.37. The summed E-state index contributed by atoms with van der Waals surface area (Å²) in [6, 6.07) is 0. The van der Waals surface area contributed by atoms with Gasteiger partial charge in [-0.3, -0.25) is 0 Å². The van der Waals surface area contributed by atoms with Crippen LogP contribution in [0.4, 0.5) is 0 Å². The fraction of sp³-hybridized carbons (Fsp3) is 0.714. The molecule has 0 aliphatic carbocycles. The van der Waals surface area contributed by atoms with Crippen LogP contribution in [0.1, 0.15) is 0 Å². The van der Waals surface area contributed by atoms with Crippen molar-refractivity contribution in [2.75, 3.05) is 13.2 Å². The molecule has 1 saturated heterocycles. The first-order chi connectivity index (χ1) is 5.27. The maximum Gasteiger partial charge on any atom is 0.222 e. The molecule has 4 heteroatoms. The number of aliphatic hydroxyl groups excluding tert-OH is 2. The van der Waals surface area contributed by atoms with Crippen LogP contribution in [0, 0.1) is 0 Å². The molecule has 2 bridgehead atoms. The third-order valence-electron chi connectivity index (χ3n) is 2.02. The lowest BCUT2D eigenvalue weighted by atomic mass is 10.1. The summed E-state index contributed by atoms with van der Waals surface area (Å²) in [5, 5.41) is 18.2. The summed E-state index contributed by atoms with van der Waals surface area (Å²) < 4.78 is 10.4. The first-order valence-corrected chi connectivity index (χ1v) is 3.56. The van der Waals surface area contributed by atoms with Gasteiger partial charge in [-0.1, -0.05) is 12.2 Å². The third-order valence-corrected chi connectivity index (χ3v) is 2.02. The average Bonchev–Trinajstić information content (AvgIpc) is 2.39. The van der Waals surface area contributed by atoms with E-state index in [1.807, 2.05) is 0 Å². The van der Waals surface area contributed by atoms with Crippen molar-refractivity contribution < 1.29 is 19.7 Å². The molecule has 1 fully saturated rings. The van der Waals surface area contributed by atoms with Crippen molar-refractivity contribution in [2.24, 2.45) is 0 Å². The average molecular weight is 158 g/mol. The summed E-state index contributed by atoms with van der Waals surface area (Å²) in [6.45, 7) is 0.100. The molecule has 0 radical (unpaired) electrons. The Morgan fingerprint density at radius 1 is 1.55 bits per heavy atom. The van der Waals surface area contributed by atoms with Crippen LogP contribution in [0.2, 0.25) is 0 Å². The minimum Gasteiger partial charge on any atom is -0.391 e. The van der Waals surface area contributed by atoms with Gasteiger partial charge in [-0.25, -0.2) is 0 Å². The Kier molecular flexibility index (Phi) is 1.50. The van der Waals surface area contributed by atoms with Crippen molar-refractivity contribution in [1.82, 2.24) is 0 Å². The summed E-state index contributed by atoms with van der Waals surface area (Å²) >= 11 is 0. The third kappa shape index (κ3) is 0.911. The fourth-order valence-electron chi connectivity index (χ4n) is 1.35. The lowest BCUT2D eigenvalue weighted by Gasteiger charge is -2.30. The molecule has 2 heterocycles. The highest BCUT2D eigenvalue weighted by molar-refractivity contribution is 5.09. The smallest absolute Gasteiger partial charge is 0.222 e. The first-order valence-electron chi connectivity index (χ1n) is 3.56. The van der Waals surface area contributed by atoms with Crippen LogP contribution < -0.4 is 0 Å². The van der Waals surface area contributed by atoms with E-state index in [9.17, 15) is 5.11 Å². The minimum atomic E-state index is -1.18.